The second-order valence-electron chi connectivity index (χ2n) is 4.00. The van der Waals surface area contributed by atoms with Crippen LogP contribution in [0.5, 0.6) is 0 Å². The second kappa shape index (κ2) is 5.11. The Morgan fingerprint density at radius 3 is 2.65 bits per heavy atom. The van der Waals surface area contributed by atoms with Gasteiger partial charge < -0.3 is 0 Å². The molecule has 0 bridgehead atoms. The topological polar surface area (TPSA) is 17.8 Å². The van der Waals surface area contributed by atoms with Gasteiger partial charge in [0.05, 0.1) is 12.2 Å². The molecule has 0 amide bonds. The Bertz CT molecular complexity index is 532. The van der Waals surface area contributed by atoms with E-state index in [1.54, 1.807) is 0 Å². The molecule has 1 aromatic carbocycles. The van der Waals surface area contributed by atoms with Crippen LogP contribution in [0.1, 0.15) is 23.7 Å². The first-order valence-corrected chi connectivity index (χ1v) is 6.33. The summed E-state index contributed by atoms with van der Waals surface area (Å²) >= 11 is 12.2. The molecule has 17 heavy (non-hydrogen) atoms. The standard InChI is InChI=1S/C13H14Cl2N2/c1-3-12-9(2)16-17(13(12)15)8-10-5-4-6-11(14)7-10/h4-7H,3,8H2,1-2H3. The highest BCUT2D eigenvalue weighted by Crippen LogP contribution is 2.21. The number of hydrogen-bond donors (Lipinski definition) is 0. The summed E-state index contributed by atoms with van der Waals surface area (Å²) < 4.78 is 1.82. The third kappa shape index (κ3) is 2.64. The van der Waals surface area contributed by atoms with Gasteiger partial charge in [0.15, 0.2) is 0 Å². The fourth-order valence-corrected chi connectivity index (χ4v) is 2.49. The van der Waals surface area contributed by atoms with Crippen molar-refractivity contribution in [3.63, 3.8) is 0 Å². The van der Waals surface area contributed by atoms with Crippen LogP contribution >= 0.6 is 23.2 Å². The van der Waals surface area contributed by atoms with E-state index in [0.29, 0.717) is 6.54 Å². The van der Waals surface area contributed by atoms with Crippen LogP contribution in [0, 0.1) is 6.92 Å². The summed E-state index contributed by atoms with van der Waals surface area (Å²) in [6.45, 7) is 4.72. The van der Waals surface area contributed by atoms with Crippen molar-refractivity contribution in [2.24, 2.45) is 0 Å². The monoisotopic (exact) mass is 268 g/mol. The lowest BCUT2D eigenvalue weighted by Gasteiger charge is -2.04. The molecule has 0 unspecified atom stereocenters. The molecule has 0 aliphatic heterocycles. The molecule has 1 aromatic heterocycles. The Balaban J connectivity index is 2.30. The van der Waals surface area contributed by atoms with Crippen LogP contribution in [0.3, 0.4) is 0 Å². The van der Waals surface area contributed by atoms with Gasteiger partial charge in [0, 0.05) is 10.6 Å². The van der Waals surface area contributed by atoms with Crippen molar-refractivity contribution in [3.8, 4) is 0 Å². The van der Waals surface area contributed by atoms with E-state index in [4.69, 9.17) is 23.2 Å². The molecule has 90 valence electrons. The molecule has 0 aliphatic rings. The van der Waals surface area contributed by atoms with Gasteiger partial charge in [0.25, 0.3) is 0 Å². The Morgan fingerprint density at radius 2 is 2.06 bits per heavy atom. The van der Waals surface area contributed by atoms with Gasteiger partial charge in [-0.25, -0.2) is 4.68 Å². The molecule has 1 heterocycles. The summed E-state index contributed by atoms with van der Waals surface area (Å²) in [4.78, 5) is 0. The highest BCUT2D eigenvalue weighted by molar-refractivity contribution is 6.30. The van der Waals surface area contributed by atoms with Crippen LogP contribution in [-0.4, -0.2) is 9.78 Å². The smallest absolute Gasteiger partial charge is 0.130 e. The lowest BCUT2D eigenvalue weighted by molar-refractivity contribution is 0.680. The molecule has 2 nitrogen and oxygen atoms in total. The molecule has 0 aliphatic carbocycles. The van der Waals surface area contributed by atoms with Gasteiger partial charge in [-0.15, -0.1) is 0 Å². The van der Waals surface area contributed by atoms with Crippen LogP contribution in [0.4, 0.5) is 0 Å². The molecule has 0 atom stereocenters. The number of rotatable bonds is 3. The minimum absolute atomic E-state index is 0.653. The minimum atomic E-state index is 0.653. The van der Waals surface area contributed by atoms with Gasteiger partial charge in [-0.3, -0.25) is 0 Å². The van der Waals surface area contributed by atoms with Crippen molar-refractivity contribution in [3.05, 3.63) is 51.3 Å². The molecule has 2 rings (SSSR count). The number of halogens is 2. The van der Waals surface area contributed by atoms with Crippen LogP contribution in [0.25, 0.3) is 0 Å². The van der Waals surface area contributed by atoms with E-state index in [2.05, 4.69) is 12.0 Å². The van der Waals surface area contributed by atoms with Crippen LogP contribution in [0.2, 0.25) is 10.2 Å². The van der Waals surface area contributed by atoms with Gasteiger partial charge in [0.2, 0.25) is 0 Å². The maximum absolute atomic E-state index is 6.29. The molecule has 0 radical (unpaired) electrons. The average Bonchev–Trinajstić information content (AvgIpc) is 2.54. The summed E-state index contributed by atoms with van der Waals surface area (Å²) in [5, 5.41) is 5.91. The minimum Gasteiger partial charge on any atom is -0.249 e. The number of hydrogen-bond acceptors (Lipinski definition) is 1. The molecule has 0 spiro atoms. The Morgan fingerprint density at radius 1 is 1.29 bits per heavy atom. The number of aromatic nitrogens is 2. The normalized spacial score (nSPS) is 10.8. The summed E-state index contributed by atoms with van der Waals surface area (Å²) in [6, 6.07) is 7.74. The maximum atomic E-state index is 6.29. The molecular weight excluding hydrogens is 255 g/mol. The number of aryl methyl sites for hydroxylation is 1. The zero-order valence-electron chi connectivity index (χ0n) is 9.87. The molecule has 0 fully saturated rings. The maximum Gasteiger partial charge on any atom is 0.130 e. The van der Waals surface area contributed by atoms with Gasteiger partial charge >= 0.3 is 0 Å². The van der Waals surface area contributed by atoms with E-state index in [9.17, 15) is 0 Å². The molecule has 4 heteroatoms. The van der Waals surface area contributed by atoms with E-state index in [1.807, 2.05) is 35.9 Å². The van der Waals surface area contributed by atoms with E-state index in [1.165, 1.54) is 0 Å². The predicted octanol–water partition coefficient (Wildman–Crippen LogP) is 4.11. The summed E-state index contributed by atoms with van der Waals surface area (Å²) in [5.41, 5.74) is 3.22. The average molecular weight is 269 g/mol. The summed E-state index contributed by atoms with van der Waals surface area (Å²) in [5.74, 6) is 0. The SMILES string of the molecule is CCc1c(C)nn(Cc2cccc(Cl)c2)c1Cl. The number of nitrogens with zero attached hydrogens (tertiary/aromatic N) is 2. The van der Waals surface area contributed by atoms with E-state index < -0.39 is 0 Å². The summed E-state index contributed by atoms with van der Waals surface area (Å²) in [7, 11) is 0. The van der Waals surface area contributed by atoms with Crippen molar-refractivity contribution in [1.29, 1.82) is 0 Å². The van der Waals surface area contributed by atoms with Crippen LogP contribution in [0.15, 0.2) is 24.3 Å². The first-order valence-electron chi connectivity index (χ1n) is 5.58. The van der Waals surface area contributed by atoms with Gasteiger partial charge in [-0.1, -0.05) is 42.3 Å². The van der Waals surface area contributed by atoms with Crippen molar-refractivity contribution >= 4 is 23.2 Å². The van der Waals surface area contributed by atoms with Crippen LogP contribution < -0.4 is 0 Å². The van der Waals surface area contributed by atoms with Gasteiger partial charge in [-0.2, -0.15) is 5.10 Å². The fourth-order valence-electron chi connectivity index (χ4n) is 1.91. The molecular formula is C13H14Cl2N2. The highest BCUT2D eigenvalue weighted by Gasteiger charge is 2.11. The lowest BCUT2D eigenvalue weighted by atomic mass is 10.2. The van der Waals surface area contributed by atoms with E-state index in [0.717, 1.165) is 33.4 Å². The molecule has 0 saturated heterocycles. The largest absolute Gasteiger partial charge is 0.249 e. The fraction of sp³-hybridized carbons (Fsp3) is 0.308. The molecule has 0 saturated carbocycles. The lowest BCUT2D eigenvalue weighted by Crippen LogP contribution is -2.02. The van der Waals surface area contributed by atoms with Crippen molar-refractivity contribution in [2.75, 3.05) is 0 Å². The predicted molar refractivity (Wildman–Crippen MR) is 71.9 cm³/mol. The van der Waals surface area contributed by atoms with E-state index >= 15 is 0 Å². The van der Waals surface area contributed by atoms with Crippen molar-refractivity contribution in [2.45, 2.75) is 26.8 Å². The number of benzene rings is 1. The first kappa shape index (κ1) is 12.5. The Kier molecular flexibility index (Phi) is 3.75. The quantitative estimate of drug-likeness (QED) is 0.819. The first-order chi connectivity index (χ1) is 8.11. The third-order valence-corrected chi connectivity index (χ3v) is 3.42. The van der Waals surface area contributed by atoms with Gasteiger partial charge in [0.1, 0.15) is 5.15 Å². The Labute approximate surface area is 111 Å². The zero-order valence-corrected chi connectivity index (χ0v) is 11.4. The third-order valence-electron chi connectivity index (χ3n) is 2.76. The highest BCUT2D eigenvalue weighted by atomic mass is 35.5. The zero-order chi connectivity index (χ0) is 12.4. The second-order valence-corrected chi connectivity index (χ2v) is 4.79. The molecule has 0 N–H and O–H groups in total. The van der Waals surface area contributed by atoms with Crippen LogP contribution in [-0.2, 0) is 13.0 Å². The van der Waals surface area contributed by atoms with Crippen molar-refractivity contribution < 1.29 is 0 Å². The Hall–Kier alpha value is -0.990. The van der Waals surface area contributed by atoms with Gasteiger partial charge in [-0.05, 0) is 31.0 Å². The molecule has 2 aromatic rings. The van der Waals surface area contributed by atoms with Crippen molar-refractivity contribution in [1.82, 2.24) is 9.78 Å². The van der Waals surface area contributed by atoms with E-state index in [-0.39, 0.29) is 0 Å². The summed E-state index contributed by atoms with van der Waals surface area (Å²) in [6.07, 6.45) is 0.903.